The van der Waals surface area contributed by atoms with Crippen molar-refractivity contribution < 1.29 is 0 Å². The van der Waals surface area contributed by atoms with Gasteiger partial charge in [-0.1, -0.05) is 0 Å². The van der Waals surface area contributed by atoms with Gasteiger partial charge in [0.2, 0.25) is 5.28 Å². The number of nitrogens with zero attached hydrogens (tertiary/aromatic N) is 6. The van der Waals surface area contributed by atoms with E-state index in [1.807, 2.05) is 31.2 Å². The maximum Gasteiger partial charge on any atom is 0.224 e. The summed E-state index contributed by atoms with van der Waals surface area (Å²) in [6, 6.07) is 0. The molecule has 23 heavy (non-hydrogen) atoms. The van der Waals surface area contributed by atoms with Gasteiger partial charge < -0.3 is 4.57 Å². The van der Waals surface area contributed by atoms with Gasteiger partial charge in [0, 0.05) is 25.2 Å². The molecule has 3 aromatic rings. The molecule has 3 saturated carbocycles. The van der Waals surface area contributed by atoms with Crippen LogP contribution in [0.5, 0.6) is 0 Å². The standard InChI is InChI=1S/C16H17ClN6/c1-9-11(7-22(2)21-9)3-12-13-14(20-15(17)19-12)23(8-18-13)16-4-10(5-16)6-16/h7-8,10H,3-6H2,1-2H3. The van der Waals surface area contributed by atoms with E-state index in [1.165, 1.54) is 19.3 Å². The molecule has 0 spiro atoms. The van der Waals surface area contributed by atoms with E-state index in [2.05, 4.69) is 24.6 Å². The highest BCUT2D eigenvalue weighted by Crippen LogP contribution is 2.62. The summed E-state index contributed by atoms with van der Waals surface area (Å²) >= 11 is 6.20. The molecule has 0 unspecified atom stereocenters. The molecule has 3 heterocycles. The maximum absolute atomic E-state index is 6.20. The Morgan fingerprint density at radius 1 is 1.30 bits per heavy atom. The van der Waals surface area contributed by atoms with E-state index < -0.39 is 0 Å². The average Bonchev–Trinajstić information content (AvgIpc) is 2.91. The van der Waals surface area contributed by atoms with Gasteiger partial charge in [-0.2, -0.15) is 10.1 Å². The summed E-state index contributed by atoms with van der Waals surface area (Å²) in [5.41, 5.74) is 5.01. The van der Waals surface area contributed by atoms with Crippen LogP contribution in [-0.4, -0.2) is 29.3 Å². The fourth-order valence-electron chi connectivity index (χ4n) is 4.13. The van der Waals surface area contributed by atoms with E-state index in [9.17, 15) is 0 Å². The largest absolute Gasteiger partial charge is 0.309 e. The molecule has 0 amide bonds. The van der Waals surface area contributed by atoms with Crippen LogP contribution in [0, 0.1) is 12.8 Å². The van der Waals surface area contributed by atoms with E-state index in [1.54, 1.807) is 0 Å². The molecule has 3 aromatic heterocycles. The molecule has 3 aliphatic carbocycles. The molecule has 7 heteroatoms. The van der Waals surface area contributed by atoms with Gasteiger partial charge in [0.05, 0.1) is 17.7 Å². The molecule has 0 aliphatic heterocycles. The van der Waals surface area contributed by atoms with Crippen molar-refractivity contribution in [1.29, 1.82) is 0 Å². The molecular weight excluding hydrogens is 312 g/mol. The van der Waals surface area contributed by atoms with Gasteiger partial charge in [0.25, 0.3) is 0 Å². The zero-order valence-corrected chi connectivity index (χ0v) is 13.9. The van der Waals surface area contributed by atoms with Gasteiger partial charge in [0.1, 0.15) is 5.52 Å². The predicted molar refractivity (Wildman–Crippen MR) is 86.4 cm³/mol. The Morgan fingerprint density at radius 2 is 2.09 bits per heavy atom. The highest BCUT2D eigenvalue weighted by molar-refractivity contribution is 6.28. The van der Waals surface area contributed by atoms with E-state index in [-0.39, 0.29) is 5.54 Å². The third kappa shape index (κ3) is 1.81. The van der Waals surface area contributed by atoms with Crippen LogP contribution in [0.4, 0.5) is 0 Å². The lowest BCUT2D eigenvalue weighted by Crippen LogP contribution is -2.59. The van der Waals surface area contributed by atoms with Gasteiger partial charge in [-0.3, -0.25) is 4.68 Å². The molecule has 6 rings (SSSR count). The second kappa shape index (κ2) is 4.32. The summed E-state index contributed by atoms with van der Waals surface area (Å²) in [7, 11) is 1.93. The SMILES string of the molecule is Cc1nn(C)cc1Cc1nc(Cl)nc2c1ncn2C12CC(C1)C2. The van der Waals surface area contributed by atoms with Crippen LogP contribution in [0.2, 0.25) is 5.28 Å². The molecule has 0 atom stereocenters. The first-order chi connectivity index (χ1) is 11.0. The van der Waals surface area contributed by atoms with Crippen molar-refractivity contribution in [2.24, 2.45) is 13.0 Å². The van der Waals surface area contributed by atoms with Crippen LogP contribution < -0.4 is 0 Å². The highest BCUT2D eigenvalue weighted by Gasteiger charge is 2.58. The van der Waals surface area contributed by atoms with Gasteiger partial charge in [0.15, 0.2) is 5.65 Å². The average molecular weight is 329 g/mol. The van der Waals surface area contributed by atoms with E-state index in [0.717, 1.165) is 34.0 Å². The molecule has 2 bridgehead atoms. The molecule has 118 valence electrons. The summed E-state index contributed by atoms with van der Waals surface area (Å²) in [6.07, 6.45) is 8.36. The molecule has 0 aromatic carbocycles. The summed E-state index contributed by atoms with van der Waals surface area (Å²) in [6.45, 7) is 2.01. The third-order valence-corrected chi connectivity index (χ3v) is 5.60. The number of fused-ring (bicyclic) bond motifs is 1. The van der Waals surface area contributed by atoms with Crippen LogP contribution in [-0.2, 0) is 19.0 Å². The van der Waals surface area contributed by atoms with Gasteiger partial charge in [-0.25, -0.2) is 9.97 Å². The summed E-state index contributed by atoms with van der Waals surface area (Å²) in [5, 5.41) is 4.69. The second-order valence-electron chi connectivity index (χ2n) is 7.02. The maximum atomic E-state index is 6.20. The molecule has 0 saturated heterocycles. The van der Waals surface area contributed by atoms with Crippen molar-refractivity contribution in [1.82, 2.24) is 29.3 Å². The van der Waals surface area contributed by atoms with Gasteiger partial charge >= 0.3 is 0 Å². The van der Waals surface area contributed by atoms with Crippen LogP contribution in [0.3, 0.4) is 0 Å². The lowest BCUT2D eigenvalue weighted by Gasteiger charge is -2.62. The Kier molecular flexibility index (Phi) is 2.53. The zero-order chi connectivity index (χ0) is 15.8. The molecule has 6 nitrogen and oxygen atoms in total. The van der Waals surface area contributed by atoms with Crippen molar-refractivity contribution in [3.8, 4) is 0 Å². The lowest BCUT2D eigenvalue weighted by molar-refractivity contribution is -0.0862. The molecular formula is C16H17ClN6. The van der Waals surface area contributed by atoms with E-state index in [4.69, 9.17) is 11.6 Å². The van der Waals surface area contributed by atoms with Crippen LogP contribution in [0.25, 0.3) is 11.2 Å². The van der Waals surface area contributed by atoms with Crippen molar-refractivity contribution in [2.75, 3.05) is 0 Å². The van der Waals surface area contributed by atoms with Crippen LogP contribution in [0.1, 0.15) is 36.2 Å². The van der Waals surface area contributed by atoms with Crippen molar-refractivity contribution >= 4 is 22.8 Å². The van der Waals surface area contributed by atoms with E-state index in [0.29, 0.717) is 11.7 Å². The molecule has 0 radical (unpaired) electrons. The van der Waals surface area contributed by atoms with Crippen molar-refractivity contribution in [3.63, 3.8) is 0 Å². The minimum Gasteiger partial charge on any atom is -0.309 e. The number of imidazole rings is 1. The first-order valence-corrected chi connectivity index (χ1v) is 8.31. The zero-order valence-electron chi connectivity index (χ0n) is 13.1. The Labute approximate surface area is 138 Å². The second-order valence-corrected chi connectivity index (χ2v) is 7.36. The molecule has 0 N–H and O–H groups in total. The molecule has 3 fully saturated rings. The van der Waals surface area contributed by atoms with Crippen molar-refractivity contribution in [3.05, 3.63) is 34.8 Å². The first kappa shape index (κ1) is 13.5. The third-order valence-electron chi connectivity index (χ3n) is 5.43. The van der Waals surface area contributed by atoms with Crippen LogP contribution in [0.15, 0.2) is 12.5 Å². The van der Waals surface area contributed by atoms with E-state index >= 15 is 0 Å². The monoisotopic (exact) mass is 328 g/mol. The predicted octanol–water partition coefficient (Wildman–Crippen LogP) is 2.62. The highest BCUT2D eigenvalue weighted by atomic mass is 35.5. The summed E-state index contributed by atoms with van der Waals surface area (Å²) in [5.74, 6) is 0.905. The number of rotatable bonds is 3. The summed E-state index contributed by atoms with van der Waals surface area (Å²) in [4.78, 5) is 13.5. The minimum atomic E-state index is 0.249. The van der Waals surface area contributed by atoms with Crippen molar-refractivity contribution in [2.45, 2.75) is 38.1 Å². The lowest BCUT2D eigenvalue weighted by atomic mass is 9.50. The van der Waals surface area contributed by atoms with Gasteiger partial charge in [-0.15, -0.1) is 0 Å². The number of hydrogen-bond donors (Lipinski definition) is 0. The Balaban J connectivity index is 1.62. The minimum absolute atomic E-state index is 0.249. The first-order valence-electron chi connectivity index (χ1n) is 7.93. The fraction of sp³-hybridized carbons (Fsp3) is 0.500. The normalized spacial score (nSPS) is 25.4. The summed E-state index contributed by atoms with van der Waals surface area (Å²) < 4.78 is 4.06. The van der Waals surface area contributed by atoms with Crippen LogP contribution >= 0.6 is 11.6 Å². The van der Waals surface area contributed by atoms with Gasteiger partial charge in [-0.05, 0) is 49.3 Å². The molecule has 3 aliphatic rings. The smallest absolute Gasteiger partial charge is 0.224 e. The fourth-order valence-corrected chi connectivity index (χ4v) is 4.31. The topological polar surface area (TPSA) is 61.4 Å². The number of hydrogen-bond acceptors (Lipinski definition) is 4. The quantitative estimate of drug-likeness (QED) is 0.693. The Bertz CT molecular complexity index is 923. The Hall–Kier alpha value is -1.95. The number of aryl methyl sites for hydroxylation is 2. The Morgan fingerprint density at radius 3 is 2.70 bits per heavy atom. The number of halogens is 1. The number of aromatic nitrogens is 6.